The van der Waals surface area contributed by atoms with E-state index in [0.717, 1.165) is 36.8 Å². The molecule has 2 aromatic carbocycles. The van der Waals surface area contributed by atoms with Gasteiger partial charge in [-0.2, -0.15) is 0 Å². The third-order valence-electron chi connectivity index (χ3n) is 5.49. The minimum absolute atomic E-state index is 0.0602. The minimum atomic E-state index is -1.33. The average Bonchev–Trinajstić information content (AvgIpc) is 3.22. The number of pyridine rings is 1. The van der Waals surface area contributed by atoms with Gasteiger partial charge in [0.05, 0.1) is 0 Å². The fraction of sp³-hybridized carbons (Fsp3) is 0.261. The smallest absolute Gasteiger partial charge is 0.339 e. The van der Waals surface area contributed by atoms with Gasteiger partial charge in [-0.15, -0.1) is 0 Å². The van der Waals surface area contributed by atoms with Crippen LogP contribution in [0.3, 0.4) is 0 Å². The summed E-state index contributed by atoms with van der Waals surface area (Å²) in [5.74, 6) is -2.51. The number of hydrogen-bond acceptors (Lipinski definition) is 4. The van der Waals surface area contributed by atoms with Crippen molar-refractivity contribution in [1.29, 1.82) is 0 Å². The SMILES string of the molecule is O=C(O)c1cc(C(=O)NC2CCCC2)c2cc(Cc3ccc(F)cc3)cnc2c1O. The summed E-state index contributed by atoms with van der Waals surface area (Å²) in [6, 6.07) is 9.06. The molecule has 3 aromatic rings. The summed E-state index contributed by atoms with van der Waals surface area (Å²) in [6.45, 7) is 0. The van der Waals surface area contributed by atoms with Gasteiger partial charge < -0.3 is 15.5 Å². The van der Waals surface area contributed by atoms with E-state index in [1.165, 1.54) is 24.4 Å². The van der Waals surface area contributed by atoms with Gasteiger partial charge in [0.2, 0.25) is 0 Å². The summed E-state index contributed by atoms with van der Waals surface area (Å²) < 4.78 is 13.2. The fourth-order valence-corrected chi connectivity index (χ4v) is 3.94. The predicted octanol–water partition coefficient (Wildman–Crippen LogP) is 4.04. The highest BCUT2D eigenvalue weighted by molar-refractivity contribution is 6.11. The number of halogens is 1. The van der Waals surface area contributed by atoms with Crippen molar-refractivity contribution in [2.75, 3.05) is 0 Å². The maximum absolute atomic E-state index is 13.2. The number of hydrogen-bond donors (Lipinski definition) is 3. The molecule has 1 aliphatic carbocycles. The van der Waals surface area contributed by atoms with E-state index in [2.05, 4.69) is 10.3 Å². The van der Waals surface area contributed by atoms with Crippen LogP contribution >= 0.6 is 0 Å². The summed E-state index contributed by atoms with van der Waals surface area (Å²) in [5, 5.41) is 23.2. The zero-order valence-corrected chi connectivity index (χ0v) is 16.2. The van der Waals surface area contributed by atoms with Crippen LogP contribution < -0.4 is 5.32 Å². The molecule has 1 heterocycles. The zero-order valence-electron chi connectivity index (χ0n) is 16.2. The van der Waals surface area contributed by atoms with Crippen LogP contribution in [-0.4, -0.2) is 33.1 Å². The molecule has 30 heavy (non-hydrogen) atoms. The Labute approximate surface area is 172 Å². The first-order chi connectivity index (χ1) is 14.4. The number of phenols is 1. The Hall–Kier alpha value is -3.48. The molecule has 0 saturated heterocycles. The number of benzene rings is 2. The lowest BCUT2D eigenvalue weighted by Crippen LogP contribution is -2.32. The highest BCUT2D eigenvalue weighted by atomic mass is 19.1. The molecule has 154 valence electrons. The topological polar surface area (TPSA) is 99.5 Å². The number of fused-ring (bicyclic) bond motifs is 1. The lowest BCUT2D eigenvalue weighted by atomic mass is 9.98. The number of nitrogens with one attached hydrogen (secondary N) is 1. The summed E-state index contributed by atoms with van der Waals surface area (Å²) in [6.07, 6.45) is 5.85. The Morgan fingerprint density at radius 2 is 1.77 bits per heavy atom. The van der Waals surface area contributed by atoms with Gasteiger partial charge in [-0.3, -0.25) is 9.78 Å². The number of rotatable bonds is 5. The molecule has 1 aliphatic rings. The quantitative estimate of drug-likeness (QED) is 0.592. The Bertz CT molecular complexity index is 1120. The van der Waals surface area contributed by atoms with Crippen molar-refractivity contribution in [3.63, 3.8) is 0 Å². The van der Waals surface area contributed by atoms with E-state index in [1.807, 2.05) is 0 Å². The van der Waals surface area contributed by atoms with E-state index < -0.39 is 11.7 Å². The summed E-state index contributed by atoms with van der Waals surface area (Å²) in [4.78, 5) is 28.8. The van der Waals surface area contributed by atoms with Crippen molar-refractivity contribution < 1.29 is 24.2 Å². The molecule has 7 heteroatoms. The highest BCUT2D eigenvalue weighted by Crippen LogP contribution is 2.32. The molecule has 6 nitrogen and oxygen atoms in total. The van der Waals surface area contributed by atoms with Gasteiger partial charge in [0, 0.05) is 23.2 Å². The lowest BCUT2D eigenvalue weighted by molar-refractivity contribution is 0.0694. The molecule has 0 unspecified atom stereocenters. The Morgan fingerprint density at radius 3 is 2.43 bits per heavy atom. The standard InChI is InChI=1S/C23H21FN2O4/c24-15-7-5-13(6-8-15)9-14-10-17-18(22(28)26-16-3-1-2-4-16)11-19(23(29)30)21(27)20(17)25-12-14/h5-8,10-12,16,27H,1-4,9H2,(H,26,28)(H,29,30). The monoisotopic (exact) mass is 408 g/mol. The second-order valence-corrected chi connectivity index (χ2v) is 7.62. The van der Waals surface area contributed by atoms with Gasteiger partial charge in [0.1, 0.15) is 16.9 Å². The Balaban J connectivity index is 1.77. The van der Waals surface area contributed by atoms with Crippen molar-refractivity contribution in [2.24, 2.45) is 0 Å². The summed E-state index contributed by atoms with van der Waals surface area (Å²) in [7, 11) is 0. The van der Waals surface area contributed by atoms with Crippen LogP contribution in [0, 0.1) is 5.82 Å². The maximum Gasteiger partial charge on any atom is 0.339 e. The van der Waals surface area contributed by atoms with Crippen molar-refractivity contribution >= 4 is 22.8 Å². The number of nitrogens with zero attached hydrogens (tertiary/aromatic N) is 1. The normalized spacial score (nSPS) is 14.2. The van der Waals surface area contributed by atoms with Gasteiger partial charge in [0.15, 0.2) is 5.75 Å². The third-order valence-corrected chi connectivity index (χ3v) is 5.49. The molecule has 0 spiro atoms. The van der Waals surface area contributed by atoms with E-state index in [1.54, 1.807) is 18.2 Å². The predicted molar refractivity (Wildman–Crippen MR) is 109 cm³/mol. The van der Waals surface area contributed by atoms with Gasteiger partial charge >= 0.3 is 5.97 Å². The number of aromatic nitrogens is 1. The van der Waals surface area contributed by atoms with Crippen LogP contribution in [0.25, 0.3) is 10.9 Å². The molecule has 0 bridgehead atoms. The van der Waals surface area contributed by atoms with E-state index in [0.29, 0.717) is 11.8 Å². The van der Waals surface area contributed by atoms with Crippen LogP contribution in [0.2, 0.25) is 0 Å². The fourth-order valence-electron chi connectivity index (χ4n) is 3.94. The van der Waals surface area contributed by atoms with Crippen LogP contribution in [-0.2, 0) is 6.42 Å². The van der Waals surface area contributed by atoms with Crippen molar-refractivity contribution in [1.82, 2.24) is 10.3 Å². The molecule has 4 rings (SSSR count). The number of carboxylic acid groups (broad SMARTS) is 1. The van der Waals surface area contributed by atoms with E-state index in [-0.39, 0.29) is 34.4 Å². The molecule has 1 amide bonds. The van der Waals surface area contributed by atoms with Crippen LogP contribution in [0.4, 0.5) is 4.39 Å². The summed E-state index contributed by atoms with van der Waals surface area (Å²) in [5.41, 5.74) is 1.49. The molecule has 1 saturated carbocycles. The second kappa shape index (κ2) is 8.10. The van der Waals surface area contributed by atoms with Gasteiger partial charge in [-0.25, -0.2) is 9.18 Å². The summed E-state index contributed by atoms with van der Waals surface area (Å²) >= 11 is 0. The lowest BCUT2D eigenvalue weighted by Gasteiger charge is -2.15. The van der Waals surface area contributed by atoms with Crippen molar-refractivity contribution in [3.05, 3.63) is 70.7 Å². The van der Waals surface area contributed by atoms with E-state index >= 15 is 0 Å². The highest BCUT2D eigenvalue weighted by Gasteiger charge is 2.24. The van der Waals surface area contributed by atoms with Crippen LogP contribution in [0.1, 0.15) is 57.5 Å². The largest absolute Gasteiger partial charge is 0.505 e. The average molecular weight is 408 g/mol. The van der Waals surface area contributed by atoms with Gasteiger partial charge in [-0.05, 0) is 54.7 Å². The molecule has 1 aromatic heterocycles. The molecule has 0 atom stereocenters. The zero-order chi connectivity index (χ0) is 21.3. The van der Waals surface area contributed by atoms with Gasteiger partial charge in [0.25, 0.3) is 5.91 Å². The van der Waals surface area contributed by atoms with Crippen molar-refractivity contribution in [3.8, 4) is 5.75 Å². The van der Waals surface area contributed by atoms with E-state index in [4.69, 9.17) is 0 Å². The number of carbonyl (C=O) groups excluding carboxylic acids is 1. The number of amides is 1. The first kappa shape index (κ1) is 19.8. The number of carbonyl (C=O) groups is 2. The molecular weight excluding hydrogens is 387 g/mol. The van der Waals surface area contributed by atoms with Gasteiger partial charge in [-0.1, -0.05) is 25.0 Å². The number of aromatic hydroxyl groups is 1. The second-order valence-electron chi connectivity index (χ2n) is 7.62. The Morgan fingerprint density at radius 1 is 1.07 bits per heavy atom. The van der Waals surface area contributed by atoms with Crippen LogP contribution in [0.15, 0.2) is 42.6 Å². The molecule has 1 fully saturated rings. The number of carboxylic acids is 1. The molecule has 0 aliphatic heterocycles. The Kier molecular flexibility index (Phi) is 5.35. The maximum atomic E-state index is 13.2. The third kappa shape index (κ3) is 3.96. The first-order valence-corrected chi connectivity index (χ1v) is 9.85. The molecular formula is C23H21FN2O4. The first-order valence-electron chi connectivity index (χ1n) is 9.85. The molecule has 0 radical (unpaired) electrons. The number of aromatic carboxylic acids is 1. The van der Waals surface area contributed by atoms with E-state index in [9.17, 15) is 24.2 Å². The van der Waals surface area contributed by atoms with Crippen molar-refractivity contribution in [2.45, 2.75) is 38.1 Å². The minimum Gasteiger partial charge on any atom is -0.505 e. The molecule has 3 N–H and O–H groups in total. The van der Waals surface area contributed by atoms with Crippen LogP contribution in [0.5, 0.6) is 5.75 Å².